The van der Waals surface area contributed by atoms with Gasteiger partial charge in [0.05, 0.1) is 0 Å². The molecule has 0 aliphatic carbocycles. The molecule has 2 amide bonds. The van der Waals surface area contributed by atoms with Gasteiger partial charge >= 0.3 is 0 Å². The summed E-state index contributed by atoms with van der Waals surface area (Å²) >= 11 is 0. The minimum Gasteiger partial charge on any atom is -0.350 e. The Kier molecular flexibility index (Phi) is 4.94. The number of rotatable bonds is 5. The number of nitrogens with one attached hydrogen (secondary N) is 2. The maximum atomic E-state index is 13.1. The number of anilines is 1. The molecule has 7 heteroatoms. The van der Waals surface area contributed by atoms with Gasteiger partial charge in [-0.05, 0) is 56.1 Å². The van der Waals surface area contributed by atoms with E-state index in [9.17, 15) is 9.59 Å². The van der Waals surface area contributed by atoms with E-state index in [0.29, 0.717) is 25.8 Å². The topological polar surface area (TPSA) is 79.3 Å². The highest BCUT2D eigenvalue weighted by atomic mass is 16.2. The average molecular weight is 367 g/mol. The molecule has 2 N–H and O–H groups in total. The van der Waals surface area contributed by atoms with E-state index in [1.54, 1.807) is 10.9 Å². The van der Waals surface area contributed by atoms with Gasteiger partial charge in [0.1, 0.15) is 5.54 Å². The van der Waals surface area contributed by atoms with E-state index in [0.717, 1.165) is 37.3 Å². The molecule has 0 radical (unpaired) electrons. The van der Waals surface area contributed by atoms with E-state index < -0.39 is 5.54 Å². The lowest BCUT2D eigenvalue weighted by Gasteiger charge is -2.36. The van der Waals surface area contributed by atoms with Crippen molar-refractivity contribution in [3.63, 3.8) is 0 Å². The SMILES string of the molecule is O=C1CCCN1c1cccc(CNC(=O)C2(n3cccn3)CCNCC2)c1. The molecule has 7 nitrogen and oxygen atoms in total. The van der Waals surface area contributed by atoms with E-state index in [-0.39, 0.29) is 11.8 Å². The van der Waals surface area contributed by atoms with Crippen LogP contribution in [-0.4, -0.2) is 41.2 Å². The lowest BCUT2D eigenvalue weighted by atomic mass is 9.87. The predicted molar refractivity (Wildman–Crippen MR) is 102 cm³/mol. The van der Waals surface area contributed by atoms with E-state index in [1.165, 1.54) is 0 Å². The molecule has 2 saturated heterocycles. The van der Waals surface area contributed by atoms with Gasteiger partial charge in [-0.2, -0.15) is 5.10 Å². The first-order chi connectivity index (χ1) is 13.2. The molecule has 2 fully saturated rings. The van der Waals surface area contributed by atoms with Crippen LogP contribution in [0.3, 0.4) is 0 Å². The molecule has 0 bridgehead atoms. The molecule has 1 aromatic heterocycles. The normalized spacial score (nSPS) is 19.3. The zero-order valence-electron chi connectivity index (χ0n) is 15.4. The standard InChI is InChI=1S/C20H25N5O2/c26-18-6-2-12-24(18)17-5-1-4-16(14-17)15-22-19(27)20(7-10-21-11-8-20)25-13-3-9-23-25/h1,3-5,9,13-14,21H,2,6-8,10-12,15H2,(H,22,27). The van der Waals surface area contributed by atoms with Gasteiger partial charge in [0.25, 0.3) is 0 Å². The molecule has 0 unspecified atom stereocenters. The van der Waals surface area contributed by atoms with Gasteiger partial charge < -0.3 is 15.5 Å². The summed E-state index contributed by atoms with van der Waals surface area (Å²) in [7, 11) is 0. The Morgan fingerprint density at radius 2 is 2.11 bits per heavy atom. The van der Waals surface area contributed by atoms with E-state index >= 15 is 0 Å². The third-order valence-corrected chi connectivity index (χ3v) is 5.55. The second-order valence-electron chi connectivity index (χ2n) is 7.23. The highest BCUT2D eigenvalue weighted by Gasteiger charge is 2.41. The number of aromatic nitrogens is 2. The Hall–Kier alpha value is -2.67. The number of piperidine rings is 1. The van der Waals surface area contributed by atoms with Gasteiger partial charge in [-0.15, -0.1) is 0 Å². The van der Waals surface area contributed by atoms with Gasteiger partial charge in [-0.1, -0.05) is 12.1 Å². The molecular weight excluding hydrogens is 342 g/mol. The van der Waals surface area contributed by atoms with Crippen molar-refractivity contribution in [1.29, 1.82) is 0 Å². The van der Waals surface area contributed by atoms with Gasteiger partial charge in [0.2, 0.25) is 11.8 Å². The Morgan fingerprint density at radius 1 is 1.26 bits per heavy atom. The van der Waals surface area contributed by atoms with Crippen LogP contribution in [-0.2, 0) is 21.7 Å². The van der Waals surface area contributed by atoms with Crippen LogP contribution in [0.5, 0.6) is 0 Å². The lowest BCUT2D eigenvalue weighted by Crippen LogP contribution is -2.54. The number of carbonyl (C=O) groups excluding carboxylic acids is 2. The second-order valence-corrected chi connectivity index (χ2v) is 7.23. The minimum absolute atomic E-state index is 0.00430. The number of hydrogen-bond donors (Lipinski definition) is 2. The Bertz CT molecular complexity index is 812. The van der Waals surface area contributed by atoms with Crippen molar-refractivity contribution < 1.29 is 9.59 Å². The van der Waals surface area contributed by atoms with Crippen LogP contribution in [0.1, 0.15) is 31.2 Å². The Morgan fingerprint density at radius 3 is 2.81 bits per heavy atom. The fourth-order valence-corrected chi connectivity index (χ4v) is 4.02. The largest absolute Gasteiger partial charge is 0.350 e. The lowest BCUT2D eigenvalue weighted by molar-refractivity contribution is -0.132. The summed E-state index contributed by atoms with van der Waals surface area (Å²) in [6.45, 7) is 2.79. The first-order valence-electron chi connectivity index (χ1n) is 9.57. The van der Waals surface area contributed by atoms with Crippen LogP contribution >= 0.6 is 0 Å². The van der Waals surface area contributed by atoms with Gasteiger partial charge in [0, 0.05) is 37.6 Å². The fraction of sp³-hybridized carbons (Fsp3) is 0.450. The number of hydrogen-bond acceptors (Lipinski definition) is 4. The quantitative estimate of drug-likeness (QED) is 0.837. The number of nitrogens with zero attached hydrogens (tertiary/aromatic N) is 3. The predicted octanol–water partition coefficient (Wildman–Crippen LogP) is 1.40. The summed E-state index contributed by atoms with van der Waals surface area (Å²) in [5.74, 6) is 0.166. The Balaban J connectivity index is 1.47. The third kappa shape index (κ3) is 3.47. The molecule has 0 atom stereocenters. The molecule has 3 heterocycles. The number of benzene rings is 1. The molecular formula is C20H25N5O2. The van der Waals surface area contributed by atoms with Gasteiger partial charge in [0.15, 0.2) is 0 Å². The summed E-state index contributed by atoms with van der Waals surface area (Å²) in [5.41, 5.74) is 1.26. The van der Waals surface area contributed by atoms with Crippen molar-refractivity contribution in [1.82, 2.24) is 20.4 Å². The van der Waals surface area contributed by atoms with Crippen LogP contribution in [0.4, 0.5) is 5.69 Å². The summed E-state index contributed by atoms with van der Waals surface area (Å²) in [5, 5.41) is 10.8. The van der Waals surface area contributed by atoms with Crippen LogP contribution in [0.25, 0.3) is 0 Å². The number of amides is 2. The van der Waals surface area contributed by atoms with Crippen molar-refractivity contribution in [3.8, 4) is 0 Å². The average Bonchev–Trinajstić information content (AvgIpc) is 3.39. The van der Waals surface area contributed by atoms with Crippen molar-refractivity contribution in [2.75, 3.05) is 24.5 Å². The third-order valence-electron chi connectivity index (χ3n) is 5.55. The van der Waals surface area contributed by atoms with Crippen LogP contribution in [0.2, 0.25) is 0 Å². The van der Waals surface area contributed by atoms with Crippen molar-refractivity contribution >= 4 is 17.5 Å². The minimum atomic E-state index is -0.642. The zero-order chi connectivity index (χ0) is 18.7. The maximum absolute atomic E-state index is 13.1. The zero-order valence-corrected chi connectivity index (χ0v) is 15.4. The molecule has 4 rings (SSSR count). The van der Waals surface area contributed by atoms with Gasteiger partial charge in [-0.3, -0.25) is 14.3 Å². The first kappa shape index (κ1) is 17.7. The summed E-state index contributed by atoms with van der Waals surface area (Å²) in [4.78, 5) is 26.9. The molecule has 0 spiro atoms. The maximum Gasteiger partial charge on any atom is 0.248 e. The summed E-state index contributed by atoms with van der Waals surface area (Å²) in [6, 6.07) is 9.72. The van der Waals surface area contributed by atoms with Gasteiger partial charge in [-0.25, -0.2) is 0 Å². The smallest absolute Gasteiger partial charge is 0.248 e. The Labute approximate surface area is 158 Å². The molecule has 2 aromatic rings. The molecule has 27 heavy (non-hydrogen) atoms. The second kappa shape index (κ2) is 7.52. The van der Waals surface area contributed by atoms with Crippen LogP contribution in [0.15, 0.2) is 42.7 Å². The molecule has 0 saturated carbocycles. The van der Waals surface area contributed by atoms with E-state index in [4.69, 9.17) is 0 Å². The molecule has 1 aromatic carbocycles. The van der Waals surface area contributed by atoms with Crippen LogP contribution in [0, 0.1) is 0 Å². The fourth-order valence-electron chi connectivity index (χ4n) is 4.02. The molecule has 2 aliphatic heterocycles. The number of carbonyl (C=O) groups is 2. The van der Waals surface area contributed by atoms with Crippen molar-refractivity contribution in [3.05, 3.63) is 48.3 Å². The summed E-state index contributed by atoms with van der Waals surface area (Å²) < 4.78 is 1.79. The first-order valence-corrected chi connectivity index (χ1v) is 9.57. The van der Waals surface area contributed by atoms with Crippen LogP contribution < -0.4 is 15.5 Å². The van der Waals surface area contributed by atoms with Crippen molar-refractivity contribution in [2.45, 2.75) is 37.8 Å². The summed E-state index contributed by atoms with van der Waals surface area (Å²) in [6.07, 6.45) is 6.52. The van der Waals surface area contributed by atoms with E-state index in [1.807, 2.05) is 41.4 Å². The van der Waals surface area contributed by atoms with Crippen molar-refractivity contribution in [2.24, 2.45) is 0 Å². The highest BCUT2D eigenvalue weighted by Crippen LogP contribution is 2.27. The monoisotopic (exact) mass is 367 g/mol. The highest BCUT2D eigenvalue weighted by molar-refractivity contribution is 5.95. The molecule has 142 valence electrons. The molecule has 2 aliphatic rings. The van der Waals surface area contributed by atoms with E-state index in [2.05, 4.69) is 15.7 Å².